The molecule has 178 valence electrons. The second-order valence-electron chi connectivity index (χ2n) is 8.56. The molecule has 8 heteroatoms. The summed E-state index contributed by atoms with van der Waals surface area (Å²) in [6.45, 7) is 7.44. The van der Waals surface area contributed by atoms with Gasteiger partial charge < -0.3 is 25.4 Å². The van der Waals surface area contributed by atoms with Crippen LogP contribution in [0, 0.1) is 0 Å². The highest BCUT2D eigenvalue weighted by Gasteiger charge is 2.16. The highest BCUT2D eigenvalue weighted by atomic mass is 16.6. The summed E-state index contributed by atoms with van der Waals surface area (Å²) in [6.07, 6.45) is 1.45. The molecule has 0 radical (unpaired) electrons. The van der Waals surface area contributed by atoms with E-state index >= 15 is 0 Å². The van der Waals surface area contributed by atoms with Gasteiger partial charge in [0.1, 0.15) is 17.9 Å². The largest absolute Gasteiger partial charge is 0.484 e. The van der Waals surface area contributed by atoms with Gasteiger partial charge in [-0.1, -0.05) is 37.6 Å². The van der Waals surface area contributed by atoms with E-state index in [9.17, 15) is 14.4 Å². The molecule has 3 N–H and O–H groups in total. The average Bonchev–Trinajstić information content (AvgIpc) is 2.76. The molecule has 3 amide bonds. The van der Waals surface area contributed by atoms with Crippen LogP contribution in [0.2, 0.25) is 0 Å². The molecule has 0 spiro atoms. The van der Waals surface area contributed by atoms with Crippen molar-refractivity contribution in [3.8, 4) is 5.75 Å². The van der Waals surface area contributed by atoms with Crippen molar-refractivity contribution in [1.29, 1.82) is 0 Å². The van der Waals surface area contributed by atoms with Crippen LogP contribution in [0.4, 0.5) is 10.5 Å². The van der Waals surface area contributed by atoms with Crippen LogP contribution in [0.3, 0.4) is 0 Å². The molecular weight excluding hydrogens is 422 g/mol. The standard InChI is InChI=1S/C25H33N3O5/c1-5-6-18-9-13-21(14-10-18)32-17-23(30)26-15-19-7-11-20(12-8-19)28-22(29)16-27-24(31)33-25(2,3)4/h7-14H,5-6,15-17H2,1-4H3,(H,26,30)(H,27,31)(H,28,29). The van der Waals surface area contributed by atoms with Crippen LogP contribution in [-0.4, -0.2) is 36.7 Å². The molecule has 0 aliphatic heterocycles. The summed E-state index contributed by atoms with van der Waals surface area (Å²) in [5.41, 5.74) is 2.07. The Bertz CT molecular complexity index is 919. The van der Waals surface area contributed by atoms with Crippen LogP contribution in [0.25, 0.3) is 0 Å². The Morgan fingerprint density at radius 3 is 2.09 bits per heavy atom. The van der Waals surface area contributed by atoms with E-state index in [2.05, 4.69) is 22.9 Å². The third-order valence-electron chi connectivity index (χ3n) is 4.35. The zero-order valence-electron chi connectivity index (χ0n) is 19.7. The minimum atomic E-state index is -0.652. The molecule has 33 heavy (non-hydrogen) atoms. The fraction of sp³-hybridized carbons (Fsp3) is 0.400. The Labute approximate surface area is 195 Å². The molecule has 0 saturated carbocycles. The van der Waals surface area contributed by atoms with Crippen molar-refractivity contribution >= 4 is 23.6 Å². The van der Waals surface area contributed by atoms with E-state index in [4.69, 9.17) is 9.47 Å². The van der Waals surface area contributed by atoms with Crippen LogP contribution in [-0.2, 0) is 27.3 Å². The molecule has 0 bridgehead atoms. The number of hydrogen-bond acceptors (Lipinski definition) is 5. The number of benzene rings is 2. The first-order chi connectivity index (χ1) is 15.6. The van der Waals surface area contributed by atoms with E-state index in [1.807, 2.05) is 24.3 Å². The van der Waals surface area contributed by atoms with Crippen molar-refractivity contribution in [2.75, 3.05) is 18.5 Å². The van der Waals surface area contributed by atoms with E-state index in [1.165, 1.54) is 5.56 Å². The molecule has 2 rings (SSSR count). The van der Waals surface area contributed by atoms with Gasteiger partial charge in [0.15, 0.2) is 6.61 Å². The zero-order chi connectivity index (χ0) is 24.3. The number of amides is 3. The molecule has 0 unspecified atom stereocenters. The van der Waals surface area contributed by atoms with Crippen LogP contribution in [0.15, 0.2) is 48.5 Å². The third-order valence-corrected chi connectivity index (χ3v) is 4.35. The third kappa shape index (κ3) is 10.5. The highest BCUT2D eigenvalue weighted by Crippen LogP contribution is 2.13. The molecule has 0 fully saturated rings. The Kier molecular flexibility index (Phi) is 9.72. The van der Waals surface area contributed by atoms with Gasteiger partial charge in [-0.3, -0.25) is 9.59 Å². The summed E-state index contributed by atoms with van der Waals surface area (Å²) < 4.78 is 10.6. The molecule has 2 aromatic carbocycles. The van der Waals surface area contributed by atoms with Gasteiger partial charge in [0, 0.05) is 12.2 Å². The number of aryl methyl sites for hydroxylation is 1. The maximum absolute atomic E-state index is 12.0. The summed E-state index contributed by atoms with van der Waals surface area (Å²) in [6, 6.07) is 14.8. The van der Waals surface area contributed by atoms with Crippen molar-refractivity contribution in [3.63, 3.8) is 0 Å². The minimum absolute atomic E-state index is 0.0636. The lowest BCUT2D eigenvalue weighted by molar-refractivity contribution is -0.123. The van der Waals surface area contributed by atoms with Crippen LogP contribution in [0.1, 0.15) is 45.2 Å². The summed E-state index contributed by atoms with van der Waals surface area (Å²) in [7, 11) is 0. The lowest BCUT2D eigenvalue weighted by Crippen LogP contribution is -2.37. The second kappa shape index (κ2) is 12.5. The van der Waals surface area contributed by atoms with E-state index in [0.29, 0.717) is 18.0 Å². The smallest absolute Gasteiger partial charge is 0.408 e. The summed E-state index contributed by atoms with van der Waals surface area (Å²) >= 11 is 0. The maximum atomic E-state index is 12.0. The topological polar surface area (TPSA) is 106 Å². The second-order valence-corrected chi connectivity index (χ2v) is 8.56. The number of hydrogen-bond donors (Lipinski definition) is 3. The lowest BCUT2D eigenvalue weighted by Gasteiger charge is -2.19. The SMILES string of the molecule is CCCc1ccc(OCC(=O)NCc2ccc(NC(=O)CNC(=O)OC(C)(C)C)cc2)cc1. The van der Waals surface area contributed by atoms with Crippen molar-refractivity contribution in [2.45, 2.75) is 52.7 Å². The maximum Gasteiger partial charge on any atom is 0.408 e. The molecular formula is C25H33N3O5. The van der Waals surface area contributed by atoms with Crippen LogP contribution < -0.4 is 20.7 Å². The van der Waals surface area contributed by atoms with Crippen LogP contribution in [0.5, 0.6) is 5.75 Å². The predicted octanol–water partition coefficient (Wildman–Crippen LogP) is 3.80. The van der Waals surface area contributed by atoms with E-state index in [0.717, 1.165) is 18.4 Å². The number of anilines is 1. The zero-order valence-corrected chi connectivity index (χ0v) is 19.7. The molecule has 8 nitrogen and oxygen atoms in total. The number of carbonyl (C=O) groups excluding carboxylic acids is 3. The monoisotopic (exact) mass is 455 g/mol. The quantitative estimate of drug-likeness (QED) is 0.505. The Balaban J connectivity index is 1.69. The normalized spacial score (nSPS) is 10.8. The van der Waals surface area contributed by atoms with Crippen LogP contribution >= 0.6 is 0 Å². The summed E-state index contributed by atoms with van der Waals surface area (Å²) in [4.78, 5) is 35.6. The van der Waals surface area contributed by atoms with Crippen molar-refractivity contribution in [2.24, 2.45) is 0 Å². The first-order valence-corrected chi connectivity index (χ1v) is 11.0. The number of nitrogens with one attached hydrogen (secondary N) is 3. The van der Waals surface area contributed by atoms with Gasteiger partial charge in [0.2, 0.25) is 5.91 Å². The number of carbonyl (C=O) groups is 3. The van der Waals surface area contributed by atoms with Gasteiger partial charge in [0.05, 0.1) is 0 Å². The lowest BCUT2D eigenvalue weighted by atomic mass is 10.1. The van der Waals surface area contributed by atoms with E-state index in [-0.39, 0.29) is 25.0 Å². The molecule has 2 aromatic rings. The number of ether oxygens (including phenoxy) is 2. The minimum Gasteiger partial charge on any atom is -0.484 e. The van der Waals surface area contributed by atoms with Gasteiger partial charge in [-0.05, 0) is 62.6 Å². The molecule has 0 heterocycles. The van der Waals surface area contributed by atoms with Gasteiger partial charge in [-0.15, -0.1) is 0 Å². The van der Waals surface area contributed by atoms with Gasteiger partial charge >= 0.3 is 6.09 Å². The molecule has 0 saturated heterocycles. The van der Waals surface area contributed by atoms with Crippen molar-refractivity contribution in [3.05, 3.63) is 59.7 Å². The average molecular weight is 456 g/mol. The molecule has 0 aliphatic carbocycles. The Morgan fingerprint density at radius 2 is 1.48 bits per heavy atom. The van der Waals surface area contributed by atoms with Gasteiger partial charge in [0.25, 0.3) is 5.91 Å². The summed E-state index contributed by atoms with van der Waals surface area (Å²) in [5.74, 6) is 0.0614. The van der Waals surface area contributed by atoms with Gasteiger partial charge in [-0.25, -0.2) is 4.79 Å². The first kappa shape index (κ1) is 25.7. The highest BCUT2D eigenvalue weighted by molar-refractivity contribution is 5.93. The fourth-order valence-corrected chi connectivity index (χ4v) is 2.82. The predicted molar refractivity (Wildman–Crippen MR) is 127 cm³/mol. The van der Waals surface area contributed by atoms with E-state index < -0.39 is 11.7 Å². The number of rotatable bonds is 10. The van der Waals surface area contributed by atoms with Crippen molar-refractivity contribution in [1.82, 2.24) is 10.6 Å². The Hall–Kier alpha value is -3.55. The molecule has 0 aromatic heterocycles. The van der Waals surface area contributed by atoms with E-state index in [1.54, 1.807) is 45.0 Å². The molecule has 0 aliphatic rings. The van der Waals surface area contributed by atoms with Crippen molar-refractivity contribution < 1.29 is 23.9 Å². The van der Waals surface area contributed by atoms with Gasteiger partial charge in [-0.2, -0.15) is 0 Å². The Morgan fingerprint density at radius 1 is 0.848 bits per heavy atom. The fourth-order valence-electron chi connectivity index (χ4n) is 2.82. The number of alkyl carbamates (subject to hydrolysis) is 1. The first-order valence-electron chi connectivity index (χ1n) is 11.0. The summed E-state index contributed by atoms with van der Waals surface area (Å²) in [5, 5.41) is 7.89. The molecule has 0 atom stereocenters.